The Morgan fingerprint density at radius 1 is 0.732 bits per heavy atom. The summed E-state index contributed by atoms with van der Waals surface area (Å²) in [6.07, 6.45) is -4.47. The van der Waals surface area contributed by atoms with Crippen LogP contribution in [0, 0.1) is 0 Å². The molecule has 1 atom stereocenters. The molecule has 4 heterocycles. The van der Waals surface area contributed by atoms with E-state index in [0.717, 1.165) is 55.3 Å². The van der Waals surface area contributed by atoms with Crippen LogP contribution in [-0.2, 0) is 47.9 Å². The first-order valence-electron chi connectivity index (χ1n) is 23.3. The lowest BCUT2D eigenvalue weighted by molar-refractivity contribution is -0.138. The molecule has 3 aliphatic heterocycles. The van der Waals surface area contributed by atoms with E-state index in [1.54, 1.807) is 34.9 Å². The summed E-state index contributed by atoms with van der Waals surface area (Å²) in [5.74, 6) is -2.49. The standard InChI is InChI=1S/C50H54F3N7O11/c51-50(52,53)36-3-1-2-35(29-36)45(63)56-49-54-41-28-34(6-11-42(41)59(49)37-7-4-33(32-61)5-8-37)31-58-16-14-57(15-17-58)18-19-67-20-21-68-22-23-69-24-25-70-26-27-71-38-9-10-39-40(30-38)48(66)60(47(39)65)43-12-13-44(62)55-46(43)64/h1-11,28-30,43,61H,12-27,31-32H2,(H,54,56,63)(H,55,62,64). The summed E-state index contributed by atoms with van der Waals surface area (Å²) in [7, 11) is 0. The number of halogens is 3. The molecule has 0 spiro atoms. The monoisotopic (exact) mass is 985 g/mol. The van der Waals surface area contributed by atoms with Crippen molar-refractivity contribution in [3.63, 3.8) is 0 Å². The molecule has 21 heteroatoms. The molecule has 0 bridgehead atoms. The highest BCUT2D eigenvalue weighted by atomic mass is 19.4. The molecular weight excluding hydrogens is 932 g/mol. The van der Waals surface area contributed by atoms with Crippen LogP contribution in [0.2, 0.25) is 0 Å². The molecule has 376 valence electrons. The van der Waals surface area contributed by atoms with Crippen molar-refractivity contribution in [1.29, 1.82) is 0 Å². The second-order valence-corrected chi connectivity index (χ2v) is 17.0. The first-order valence-corrected chi connectivity index (χ1v) is 23.3. The van der Waals surface area contributed by atoms with Crippen LogP contribution in [0.4, 0.5) is 19.1 Å². The molecule has 3 N–H and O–H groups in total. The highest BCUT2D eigenvalue weighted by Gasteiger charge is 2.44. The van der Waals surface area contributed by atoms with Crippen LogP contribution in [0.1, 0.15) is 60.6 Å². The molecule has 8 rings (SSSR count). The van der Waals surface area contributed by atoms with Gasteiger partial charge in [0, 0.05) is 56.9 Å². The van der Waals surface area contributed by atoms with E-state index in [1.807, 2.05) is 18.2 Å². The second-order valence-electron chi connectivity index (χ2n) is 17.0. The lowest BCUT2D eigenvalue weighted by Gasteiger charge is -2.34. The molecule has 2 saturated heterocycles. The number of nitrogens with one attached hydrogen (secondary N) is 2. The predicted molar refractivity (Wildman–Crippen MR) is 250 cm³/mol. The van der Waals surface area contributed by atoms with Gasteiger partial charge in [0.2, 0.25) is 17.8 Å². The number of rotatable bonds is 23. The van der Waals surface area contributed by atoms with Crippen molar-refractivity contribution in [2.24, 2.45) is 0 Å². The number of ether oxygens (including phenoxy) is 5. The number of nitrogens with zero attached hydrogens (tertiary/aromatic N) is 5. The van der Waals surface area contributed by atoms with Gasteiger partial charge in [-0.1, -0.05) is 24.3 Å². The maximum Gasteiger partial charge on any atom is 0.416 e. The summed E-state index contributed by atoms with van der Waals surface area (Å²) in [5.41, 5.74) is 2.90. The fourth-order valence-corrected chi connectivity index (χ4v) is 8.47. The number of imidazole rings is 1. The van der Waals surface area contributed by atoms with Crippen molar-refractivity contribution in [3.8, 4) is 11.4 Å². The predicted octanol–water partition coefficient (Wildman–Crippen LogP) is 4.45. The fourth-order valence-electron chi connectivity index (χ4n) is 8.47. The molecule has 5 aromatic rings. The summed E-state index contributed by atoms with van der Waals surface area (Å²) >= 11 is 0. The first-order chi connectivity index (χ1) is 34.4. The molecule has 2 fully saturated rings. The molecule has 1 aromatic heterocycles. The van der Waals surface area contributed by atoms with Crippen LogP contribution >= 0.6 is 0 Å². The third kappa shape index (κ3) is 12.9. The van der Waals surface area contributed by atoms with Crippen molar-refractivity contribution >= 4 is 46.5 Å². The van der Waals surface area contributed by atoms with Crippen molar-refractivity contribution in [2.75, 3.05) is 97.5 Å². The zero-order valence-corrected chi connectivity index (χ0v) is 38.8. The zero-order valence-electron chi connectivity index (χ0n) is 38.8. The lowest BCUT2D eigenvalue weighted by Crippen LogP contribution is -2.54. The Balaban J connectivity index is 0.676. The highest BCUT2D eigenvalue weighted by molar-refractivity contribution is 6.23. The van der Waals surface area contributed by atoms with Gasteiger partial charge >= 0.3 is 6.18 Å². The number of aliphatic hydroxyl groups is 1. The topological polar surface area (TPSA) is 203 Å². The number of piperazine rings is 1. The number of fused-ring (bicyclic) bond motifs is 2. The van der Waals surface area contributed by atoms with E-state index < -0.39 is 47.3 Å². The highest BCUT2D eigenvalue weighted by Crippen LogP contribution is 2.32. The van der Waals surface area contributed by atoms with Gasteiger partial charge in [-0.2, -0.15) is 13.2 Å². The average molecular weight is 986 g/mol. The van der Waals surface area contributed by atoms with Gasteiger partial charge in [-0.25, -0.2) is 4.98 Å². The van der Waals surface area contributed by atoms with E-state index >= 15 is 0 Å². The van der Waals surface area contributed by atoms with Crippen molar-refractivity contribution in [2.45, 2.75) is 38.2 Å². The first kappa shape index (κ1) is 50.8. The number of piperidine rings is 1. The van der Waals surface area contributed by atoms with E-state index in [1.165, 1.54) is 24.3 Å². The Labute approximate surface area is 406 Å². The number of carbonyl (C=O) groups excluding carboxylic acids is 5. The molecule has 3 aliphatic rings. The number of hydrogen-bond donors (Lipinski definition) is 3. The largest absolute Gasteiger partial charge is 0.491 e. The summed E-state index contributed by atoms with van der Waals surface area (Å²) in [6.45, 7) is 8.19. The molecule has 0 saturated carbocycles. The molecule has 1 unspecified atom stereocenters. The lowest BCUT2D eigenvalue weighted by atomic mass is 10.0. The molecule has 0 aliphatic carbocycles. The number of anilines is 1. The van der Waals surface area contributed by atoms with Crippen LogP contribution in [0.5, 0.6) is 5.75 Å². The number of aliphatic hydroxyl groups excluding tert-OH is 1. The number of aromatic nitrogens is 2. The summed E-state index contributed by atoms with van der Waals surface area (Å²) in [6, 6.07) is 20.7. The van der Waals surface area contributed by atoms with Crippen LogP contribution < -0.4 is 15.4 Å². The maximum atomic E-state index is 13.4. The average Bonchev–Trinajstić information content (AvgIpc) is 3.84. The normalized spacial score (nSPS) is 16.7. The van der Waals surface area contributed by atoms with E-state index in [-0.39, 0.29) is 55.3 Å². The van der Waals surface area contributed by atoms with E-state index in [0.29, 0.717) is 80.8 Å². The van der Waals surface area contributed by atoms with Gasteiger partial charge in [0.15, 0.2) is 0 Å². The van der Waals surface area contributed by atoms with E-state index in [9.17, 15) is 42.3 Å². The summed E-state index contributed by atoms with van der Waals surface area (Å²) in [5, 5.41) is 14.5. The number of hydrogen-bond acceptors (Lipinski definition) is 14. The van der Waals surface area contributed by atoms with Crippen molar-refractivity contribution in [1.82, 2.24) is 29.6 Å². The molecule has 71 heavy (non-hydrogen) atoms. The van der Waals surface area contributed by atoms with Gasteiger partial charge in [-0.3, -0.25) is 53.9 Å². The molecule has 18 nitrogen and oxygen atoms in total. The van der Waals surface area contributed by atoms with E-state index in [2.05, 4.69) is 20.4 Å². The Morgan fingerprint density at radius 2 is 1.38 bits per heavy atom. The third-order valence-corrected chi connectivity index (χ3v) is 12.2. The Bertz CT molecular complexity index is 2710. The van der Waals surface area contributed by atoms with Gasteiger partial charge in [0.1, 0.15) is 18.4 Å². The van der Waals surface area contributed by atoms with Crippen molar-refractivity contribution < 1.29 is 65.9 Å². The number of amides is 5. The molecular formula is C50H54F3N7O11. The van der Waals surface area contributed by atoms with Crippen molar-refractivity contribution in [3.05, 3.63) is 118 Å². The fraction of sp³-hybridized carbons (Fsp3) is 0.400. The van der Waals surface area contributed by atoms with Gasteiger partial charge in [-0.05, 0) is 78.2 Å². The van der Waals surface area contributed by atoms with Gasteiger partial charge in [0.05, 0.1) is 87.2 Å². The van der Waals surface area contributed by atoms with Crippen LogP contribution in [0.3, 0.4) is 0 Å². The number of imide groups is 2. The van der Waals surface area contributed by atoms with Crippen LogP contribution in [-0.4, -0.2) is 157 Å². The SMILES string of the molecule is O=C1CCC(N2C(=O)c3ccc(OCCOCCOCCOCCOCCN4CCN(Cc5ccc6c(c5)nc(NC(=O)c5cccc(C(F)(F)F)c5)n6-c5ccc(CO)cc5)CC4)cc3C2=O)C(=O)N1. The maximum absolute atomic E-state index is 13.4. The Hall–Kier alpha value is -6.59. The third-order valence-electron chi connectivity index (χ3n) is 12.2. The quantitative estimate of drug-likeness (QED) is 0.0612. The molecule has 5 amide bonds. The second kappa shape index (κ2) is 23.5. The zero-order chi connectivity index (χ0) is 49.9. The minimum atomic E-state index is -4.60. The Morgan fingerprint density at radius 3 is 2.06 bits per heavy atom. The van der Waals surface area contributed by atoms with Crippen LogP contribution in [0.25, 0.3) is 16.7 Å². The molecule has 4 aromatic carbocycles. The van der Waals surface area contributed by atoms with Gasteiger partial charge in [-0.15, -0.1) is 0 Å². The molecule has 0 radical (unpaired) electrons. The summed E-state index contributed by atoms with van der Waals surface area (Å²) < 4.78 is 70.2. The van der Waals surface area contributed by atoms with Gasteiger partial charge in [0.25, 0.3) is 17.7 Å². The minimum absolute atomic E-state index is 0.0463. The Kier molecular flexibility index (Phi) is 16.8. The van der Waals surface area contributed by atoms with E-state index in [4.69, 9.17) is 28.7 Å². The number of alkyl halides is 3. The number of benzene rings is 4. The van der Waals surface area contributed by atoms with Crippen LogP contribution in [0.15, 0.2) is 84.9 Å². The number of carbonyl (C=O) groups is 5. The smallest absolute Gasteiger partial charge is 0.416 e. The van der Waals surface area contributed by atoms with Gasteiger partial charge < -0.3 is 28.8 Å². The summed E-state index contributed by atoms with van der Waals surface area (Å²) in [4.78, 5) is 73.3. The minimum Gasteiger partial charge on any atom is -0.491 e.